The molecule has 0 heterocycles. The van der Waals surface area contributed by atoms with E-state index in [0.717, 1.165) is 0 Å². The van der Waals surface area contributed by atoms with E-state index >= 15 is 0 Å². The third-order valence-corrected chi connectivity index (χ3v) is 0.866. The van der Waals surface area contributed by atoms with E-state index in [-0.39, 0.29) is 0 Å². The fraction of sp³-hybridized carbons (Fsp3) is 0. The van der Waals surface area contributed by atoms with Crippen LogP contribution in [0.3, 0.4) is 0 Å². The Kier molecular flexibility index (Phi) is 2.20. The van der Waals surface area contributed by atoms with Gasteiger partial charge >= 0.3 is 0 Å². The second kappa shape index (κ2) is 2.46. The van der Waals surface area contributed by atoms with Gasteiger partial charge in [0, 0.05) is 0 Å². The van der Waals surface area contributed by atoms with Gasteiger partial charge in [-0.1, -0.05) is 0 Å². The summed E-state index contributed by atoms with van der Waals surface area (Å²) in [7, 11) is 0. The first-order valence-electron chi connectivity index (χ1n) is 1.66. The van der Waals surface area contributed by atoms with E-state index in [9.17, 15) is 4.79 Å². The van der Waals surface area contributed by atoms with Crippen LogP contribution in [0.25, 0.3) is 0 Å². The van der Waals surface area contributed by atoms with Crippen LogP contribution in [-0.4, -0.2) is 16.1 Å². The average Bonchev–Trinajstić information content (AvgIpc) is 1.64. The van der Waals surface area contributed by atoms with Gasteiger partial charge in [0.05, 0.1) is 0 Å². The Hall–Kier alpha value is -0.840. The van der Waals surface area contributed by atoms with Crippen molar-refractivity contribution in [2.45, 2.75) is 0 Å². The lowest BCUT2D eigenvalue weighted by atomic mass is 10.6. The van der Waals surface area contributed by atoms with E-state index in [2.05, 4.69) is 18.4 Å². The first kappa shape index (κ1) is 7.16. The molecule has 0 saturated carbocycles. The van der Waals surface area contributed by atoms with Gasteiger partial charge in [-0.2, -0.15) is 0 Å². The van der Waals surface area contributed by atoms with Crippen molar-refractivity contribution < 1.29 is 15.0 Å². The van der Waals surface area contributed by atoms with Gasteiger partial charge in [-0.3, -0.25) is 4.79 Å². The second-order valence-corrected chi connectivity index (χ2v) is 1.48. The fourth-order valence-electron chi connectivity index (χ4n) is 0.110. The maximum Gasteiger partial charge on any atom is 0.293 e. The van der Waals surface area contributed by atoms with E-state index in [1.807, 2.05) is 0 Å². The molecule has 0 bridgehead atoms. The van der Waals surface area contributed by atoms with Crippen molar-refractivity contribution in [3.8, 4) is 0 Å². The predicted octanol–water partition coefficient (Wildman–Crippen LogP) is -0.313. The van der Waals surface area contributed by atoms with E-state index in [1.54, 1.807) is 0 Å². The Morgan fingerprint density at radius 2 is 1.88 bits per heavy atom. The number of primary amides is 1. The lowest BCUT2D eigenvalue weighted by Gasteiger charge is -1.89. The van der Waals surface area contributed by atoms with Gasteiger partial charge in [-0.15, -0.1) is 12.6 Å². The summed E-state index contributed by atoms with van der Waals surface area (Å²) in [5.41, 5.74) is 4.54. The molecule has 0 aromatic rings. The highest BCUT2D eigenvalue weighted by Gasteiger charge is 2.03. The summed E-state index contributed by atoms with van der Waals surface area (Å²) in [5, 5.41) is 16.1. The normalized spacial score (nSPS) is 8.12. The molecule has 8 heavy (non-hydrogen) atoms. The van der Waals surface area contributed by atoms with Crippen molar-refractivity contribution in [2.24, 2.45) is 5.73 Å². The minimum Gasteiger partial charge on any atom is -0.480 e. The van der Waals surface area contributed by atoms with Gasteiger partial charge in [0.25, 0.3) is 11.9 Å². The van der Waals surface area contributed by atoms with E-state index in [4.69, 9.17) is 10.2 Å². The highest BCUT2D eigenvalue weighted by atomic mass is 32.1. The van der Waals surface area contributed by atoms with Crippen LogP contribution in [0, 0.1) is 0 Å². The molecule has 0 spiro atoms. The Labute approximate surface area is 51.0 Å². The molecular weight excluding hydrogens is 130 g/mol. The van der Waals surface area contributed by atoms with Crippen LogP contribution in [0.15, 0.2) is 10.9 Å². The molecule has 0 aliphatic carbocycles. The molecule has 0 aliphatic heterocycles. The summed E-state index contributed by atoms with van der Waals surface area (Å²) in [5.74, 6) is -2.12. The van der Waals surface area contributed by atoms with Crippen LogP contribution in [0.4, 0.5) is 0 Å². The standard InChI is InChI=1S/C3H5NO3S/c4-2(5)1(8)3(6)7/h6-8H,(H2,4,5). The quantitative estimate of drug-likeness (QED) is 0.226. The van der Waals surface area contributed by atoms with E-state index < -0.39 is 16.8 Å². The Morgan fingerprint density at radius 3 is 1.88 bits per heavy atom. The SMILES string of the molecule is NC(=O)C(S)=C(O)O. The minimum absolute atomic E-state index is 0.537. The van der Waals surface area contributed by atoms with Crippen LogP contribution >= 0.6 is 12.6 Å². The summed E-state index contributed by atoms with van der Waals surface area (Å²) in [4.78, 5) is 9.37. The number of rotatable bonds is 1. The largest absolute Gasteiger partial charge is 0.480 e. The minimum atomic E-state index is -1.15. The molecule has 0 atom stereocenters. The van der Waals surface area contributed by atoms with Crippen molar-refractivity contribution in [1.29, 1.82) is 0 Å². The number of nitrogens with two attached hydrogens (primary N) is 1. The van der Waals surface area contributed by atoms with Gasteiger partial charge in [0.1, 0.15) is 4.91 Å². The number of amides is 1. The zero-order valence-corrected chi connectivity index (χ0v) is 4.72. The molecule has 0 aliphatic rings. The molecule has 0 unspecified atom stereocenters. The van der Waals surface area contributed by atoms with Gasteiger partial charge in [-0.05, 0) is 0 Å². The summed E-state index contributed by atoms with van der Waals surface area (Å²) in [6, 6.07) is 0. The first-order chi connectivity index (χ1) is 3.55. The number of carbonyl (C=O) groups is 1. The summed E-state index contributed by atoms with van der Waals surface area (Å²) < 4.78 is 0. The molecule has 1 amide bonds. The highest BCUT2D eigenvalue weighted by molar-refractivity contribution is 7.85. The first-order valence-corrected chi connectivity index (χ1v) is 2.11. The van der Waals surface area contributed by atoms with Crippen LogP contribution in [0.1, 0.15) is 0 Å². The molecule has 5 heteroatoms. The summed E-state index contributed by atoms with van der Waals surface area (Å²) in [6.45, 7) is 0. The van der Waals surface area contributed by atoms with Crippen molar-refractivity contribution in [3.63, 3.8) is 0 Å². The Balaban J connectivity index is 4.23. The topological polar surface area (TPSA) is 83.6 Å². The number of carbonyl (C=O) groups excluding carboxylic acids is 1. The molecule has 0 radical (unpaired) electrons. The average molecular weight is 135 g/mol. The van der Waals surface area contributed by atoms with Crippen LogP contribution < -0.4 is 5.73 Å². The summed E-state index contributed by atoms with van der Waals surface area (Å²) >= 11 is 3.32. The Bertz CT molecular complexity index is 137. The van der Waals surface area contributed by atoms with Crippen molar-refractivity contribution >= 4 is 18.5 Å². The predicted molar refractivity (Wildman–Crippen MR) is 30.5 cm³/mol. The zero-order valence-electron chi connectivity index (χ0n) is 3.83. The van der Waals surface area contributed by atoms with E-state index in [0.29, 0.717) is 0 Å². The fourth-order valence-corrected chi connectivity index (χ4v) is 0.110. The lowest BCUT2D eigenvalue weighted by molar-refractivity contribution is -0.114. The lowest BCUT2D eigenvalue weighted by Crippen LogP contribution is -2.12. The van der Waals surface area contributed by atoms with Crippen molar-refractivity contribution in [1.82, 2.24) is 0 Å². The smallest absolute Gasteiger partial charge is 0.293 e. The highest BCUT2D eigenvalue weighted by Crippen LogP contribution is 2.00. The van der Waals surface area contributed by atoms with Gasteiger partial charge in [-0.25, -0.2) is 0 Å². The third kappa shape index (κ3) is 1.74. The molecule has 4 N–H and O–H groups in total. The molecule has 0 fully saturated rings. The molecule has 0 rings (SSSR count). The second-order valence-electron chi connectivity index (χ2n) is 1.04. The van der Waals surface area contributed by atoms with Gasteiger partial charge in [0.2, 0.25) is 0 Å². The number of thiol groups is 1. The number of hydrogen-bond donors (Lipinski definition) is 4. The molecular formula is C3H5NO3S. The zero-order chi connectivity index (χ0) is 6.73. The maximum absolute atomic E-state index is 9.91. The molecule has 46 valence electrons. The van der Waals surface area contributed by atoms with Crippen LogP contribution in [0.5, 0.6) is 0 Å². The van der Waals surface area contributed by atoms with Gasteiger partial charge < -0.3 is 15.9 Å². The molecule has 0 saturated heterocycles. The Morgan fingerprint density at radius 1 is 1.50 bits per heavy atom. The van der Waals surface area contributed by atoms with Crippen molar-refractivity contribution in [2.75, 3.05) is 0 Å². The van der Waals surface area contributed by atoms with Crippen LogP contribution in [0.2, 0.25) is 0 Å². The van der Waals surface area contributed by atoms with Crippen molar-refractivity contribution in [3.05, 3.63) is 10.9 Å². The molecule has 0 aromatic heterocycles. The van der Waals surface area contributed by atoms with Crippen LogP contribution in [-0.2, 0) is 4.79 Å². The molecule has 0 aromatic carbocycles. The number of aliphatic hydroxyl groups is 2. The molecule has 4 nitrogen and oxygen atoms in total. The summed E-state index contributed by atoms with van der Waals surface area (Å²) in [6.07, 6.45) is 0. The third-order valence-electron chi connectivity index (χ3n) is 0.445. The monoisotopic (exact) mass is 135 g/mol. The maximum atomic E-state index is 9.91. The number of aliphatic hydroxyl groups excluding tert-OH is 1. The van der Waals surface area contributed by atoms with Gasteiger partial charge in [0.15, 0.2) is 0 Å². The van der Waals surface area contributed by atoms with E-state index in [1.165, 1.54) is 0 Å². The number of hydrogen-bond acceptors (Lipinski definition) is 4.